The number of likely N-dealkylation sites (N-methyl/N-ethyl adjacent to an activating group) is 1. The van der Waals surface area contributed by atoms with Crippen LogP contribution in [0.3, 0.4) is 0 Å². The molecule has 0 amide bonds. The van der Waals surface area contributed by atoms with E-state index >= 15 is 0 Å². The van der Waals surface area contributed by atoms with Crippen LogP contribution in [-0.4, -0.2) is 41.4 Å². The highest BCUT2D eigenvalue weighted by Crippen LogP contribution is 2.42. The van der Waals surface area contributed by atoms with Crippen LogP contribution in [0.5, 0.6) is 11.5 Å². The summed E-state index contributed by atoms with van der Waals surface area (Å²) in [7, 11) is 1.96. The highest BCUT2D eigenvalue weighted by molar-refractivity contribution is 5.88. The number of aryl methyl sites for hydroxylation is 1. The molecule has 1 aliphatic heterocycles. The first-order valence-electron chi connectivity index (χ1n) is 9.77. The maximum Gasteiger partial charge on any atom is 0.196 e. The van der Waals surface area contributed by atoms with Crippen LogP contribution < -0.4 is 10.2 Å². The molecule has 2 aromatic carbocycles. The Morgan fingerprint density at radius 2 is 2.00 bits per heavy atom. The Hall–Kier alpha value is -2.83. The van der Waals surface area contributed by atoms with Crippen LogP contribution in [0.1, 0.15) is 29.2 Å². The molecule has 0 aliphatic carbocycles. The molecule has 152 valence electrons. The van der Waals surface area contributed by atoms with E-state index in [1.165, 1.54) is 12.1 Å². The molecule has 3 aromatic rings. The van der Waals surface area contributed by atoms with Crippen LogP contribution in [-0.2, 0) is 6.61 Å². The molecular weight excluding hydrogens is 370 g/mol. The third-order valence-electron chi connectivity index (χ3n) is 5.50. The molecule has 0 radical (unpaired) electrons. The normalized spacial score (nSPS) is 20.1. The molecule has 4 rings (SSSR count). The molecule has 0 saturated carbocycles. The molecule has 1 saturated heterocycles. The van der Waals surface area contributed by atoms with Gasteiger partial charge in [-0.1, -0.05) is 30.3 Å². The van der Waals surface area contributed by atoms with Crippen molar-refractivity contribution in [2.75, 3.05) is 20.1 Å². The molecule has 2 heterocycles. The minimum Gasteiger partial charge on any atom is -0.507 e. The van der Waals surface area contributed by atoms with Crippen LogP contribution in [0, 0.1) is 6.92 Å². The van der Waals surface area contributed by atoms with E-state index in [9.17, 15) is 15.0 Å². The number of aromatic hydroxyl groups is 1. The molecule has 2 unspecified atom stereocenters. The first-order valence-corrected chi connectivity index (χ1v) is 9.77. The van der Waals surface area contributed by atoms with E-state index in [0.717, 1.165) is 12.1 Å². The van der Waals surface area contributed by atoms with Gasteiger partial charge in [0.05, 0.1) is 6.10 Å². The fourth-order valence-electron chi connectivity index (χ4n) is 4.06. The lowest BCUT2D eigenvalue weighted by molar-refractivity contribution is 0.0626. The van der Waals surface area contributed by atoms with Crippen molar-refractivity contribution in [3.8, 4) is 11.5 Å². The fraction of sp³-hybridized carbons (Fsp3) is 0.348. The number of rotatable bonds is 4. The lowest BCUT2D eigenvalue weighted by Crippen LogP contribution is -2.40. The zero-order chi connectivity index (χ0) is 20.5. The Kier molecular flexibility index (Phi) is 5.30. The second kappa shape index (κ2) is 7.89. The van der Waals surface area contributed by atoms with Gasteiger partial charge in [0.1, 0.15) is 34.8 Å². The first-order chi connectivity index (χ1) is 13.9. The van der Waals surface area contributed by atoms with E-state index in [4.69, 9.17) is 9.15 Å². The van der Waals surface area contributed by atoms with Crippen LogP contribution in [0.15, 0.2) is 51.7 Å². The maximum atomic E-state index is 12.5. The highest BCUT2D eigenvalue weighted by Gasteiger charge is 2.33. The van der Waals surface area contributed by atoms with Crippen molar-refractivity contribution >= 4 is 11.0 Å². The predicted octanol–water partition coefficient (Wildman–Crippen LogP) is 3.17. The van der Waals surface area contributed by atoms with Gasteiger partial charge in [-0.3, -0.25) is 4.79 Å². The topological polar surface area (TPSA) is 83.1 Å². The van der Waals surface area contributed by atoms with Gasteiger partial charge in [-0.2, -0.15) is 0 Å². The lowest BCUT2D eigenvalue weighted by Gasteiger charge is -2.34. The number of hydrogen-bond donors (Lipinski definition) is 2. The van der Waals surface area contributed by atoms with E-state index in [0.29, 0.717) is 42.2 Å². The summed E-state index contributed by atoms with van der Waals surface area (Å²) in [6, 6.07) is 12.5. The highest BCUT2D eigenvalue weighted by atomic mass is 16.5. The Bertz CT molecular complexity index is 1080. The standard InChI is InChI=1S/C23H25NO5/c1-14-10-17(25)22-18(26)11-20(28-13-15-6-4-3-5-7-15)21(23(22)29-14)16-8-9-24(2)12-19(16)27/h3-7,10-11,16,19,26-27H,8-9,12-13H2,1-2H3. The average molecular weight is 395 g/mol. The van der Waals surface area contributed by atoms with Crippen LogP contribution in [0.2, 0.25) is 0 Å². The van der Waals surface area contributed by atoms with Crippen molar-refractivity contribution in [2.45, 2.75) is 32.0 Å². The van der Waals surface area contributed by atoms with Gasteiger partial charge in [0.2, 0.25) is 0 Å². The average Bonchev–Trinajstić information content (AvgIpc) is 2.67. The quantitative estimate of drug-likeness (QED) is 0.706. The third kappa shape index (κ3) is 3.86. The molecule has 0 bridgehead atoms. The summed E-state index contributed by atoms with van der Waals surface area (Å²) in [6.45, 7) is 3.32. The number of aliphatic hydroxyl groups excluding tert-OH is 1. The molecule has 29 heavy (non-hydrogen) atoms. The zero-order valence-corrected chi connectivity index (χ0v) is 16.6. The van der Waals surface area contributed by atoms with Gasteiger partial charge in [0, 0.05) is 30.2 Å². The summed E-state index contributed by atoms with van der Waals surface area (Å²) < 4.78 is 12.0. The summed E-state index contributed by atoms with van der Waals surface area (Å²) in [4.78, 5) is 14.6. The minimum atomic E-state index is -0.633. The number of piperidine rings is 1. The molecule has 1 fully saturated rings. The maximum absolute atomic E-state index is 12.5. The number of fused-ring (bicyclic) bond motifs is 1. The van der Waals surface area contributed by atoms with Crippen molar-refractivity contribution < 1.29 is 19.4 Å². The summed E-state index contributed by atoms with van der Waals surface area (Å²) in [5.74, 6) is 0.444. The number of likely N-dealkylation sites (tertiary alicyclic amines) is 1. The molecule has 1 aromatic heterocycles. The molecule has 6 heteroatoms. The molecule has 6 nitrogen and oxygen atoms in total. The number of hydrogen-bond acceptors (Lipinski definition) is 6. The van der Waals surface area contributed by atoms with Gasteiger partial charge >= 0.3 is 0 Å². The van der Waals surface area contributed by atoms with Gasteiger partial charge in [-0.05, 0) is 32.5 Å². The predicted molar refractivity (Wildman–Crippen MR) is 111 cm³/mol. The van der Waals surface area contributed by atoms with Gasteiger partial charge in [0.25, 0.3) is 0 Å². The number of phenols is 1. The van der Waals surface area contributed by atoms with E-state index in [1.807, 2.05) is 37.4 Å². The van der Waals surface area contributed by atoms with E-state index in [2.05, 4.69) is 4.90 Å². The van der Waals surface area contributed by atoms with Crippen molar-refractivity contribution in [1.29, 1.82) is 0 Å². The number of nitrogens with zero attached hydrogens (tertiary/aromatic N) is 1. The second-order valence-electron chi connectivity index (χ2n) is 7.73. The fourth-order valence-corrected chi connectivity index (χ4v) is 4.06. The summed E-state index contributed by atoms with van der Waals surface area (Å²) in [5, 5.41) is 21.5. The summed E-state index contributed by atoms with van der Waals surface area (Å²) in [5.41, 5.74) is 1.62. The Balaban J connectivity index is 1.86. The number of benzene rings is 2. The molecule has 0 spiro atoms. The smallest absolute Gasteiger partial charge is 0.196 e. The van der Waals surface area contributed by atoms with Crippen molar-refractivity contribution in [1.82, 2.24) is 4.90 Å². The van der Waals surface area contributed by atoms with Gasteiger partial charge in [-0.25, -0.2) is 0 Å². The number of β-amino-alcohol motifs (C(OH)–C–C–N with tert-alkyl or cyclic N) is 1. The Morgan fingerprint density at radius 1 is 1.24 bits per heavy atom. The van der Waals surface area contributed by atoms with Crippen molar-refractivity contribution in [2.24, 2.45) is 0 Å². The van der Waals surface area contributed by atoms with Gasteiger partial charge < -0.3 is 24.3 Å². The molecule has 2 N–H and O–H groups in total. The Morgan fingerprint density at radius 3 is 2.72 bits per heavy atom. The van der Waals surface area contributed by atoms with E-state index in [1.54, 1.807) is 6.92 Å². The second-order valence-corrected chi connectivity index (χ2v) is 7.73. The van der Waals surface area contributed by atoms with Gasteiger partial charge in [-0.15, -0.1) is 0 Å². The summed E-state index contributed by atoms with van der Waals surface area (Å²) >= 11 is 0. The molecule has 2 atom stereocenters. The summed E-state index contributed by atoms with van der Waals surface area (Å²) in [6.07, 6.45) is 0.0584. The minimum absolute atomic E-state index is 0.129. The molecular formula is C23H25NO5. The van der Waals surface area contributed by atoms with E-state index < -0.39 is 6.10 Å². The van der Waals surface area contributed by atoms with Crippen molar-refractivity contribution in [3.05, 3.63) is 69.6 Å². The zero-order valence-electron chi connectivity index (χ0n) is 16.6. The van der Waals surface area contributed by atoms with Crippen LogP contribution >= 0.6 is 0 Å². The number of aliphatic hydroxyl groups is 1. The SMILES string of the molecule is Cc1cc(=O)c2c(O)cc(OCc3ccccc3)c(C3CCN(C)CC3O)c2o1. The van der Waals surface area contributed by atoms with E-state index in [-0.39, 0.29) is 22.5 Å². The number of phenolic OH excluding ortho intramolecular Hbond substituents is 1. The number of ether oxygens (including phenoxy) is 1. The lowest BCUT2D eigenvalue weighted by atomic mass is 9.85. The van der Waals surface area contributed by atoms with Crippen LogP contribution in [0.4, 0.5) is 0 Å². The Labute approximate surface area is 169 Å². The van der Waals surface area contributed by atoms with Gasteiger partial charge in [0.15, 0.2) is 5.43 Å². The van der Waals surface area contributed by atoms with Crippen molar-refractivity contribution in [3.63, 3.8) is 0 Å². The van der Waals surface area contributed by atoms with Crippen LogP contribution in [0.25, 0.3) is 11.0 Å². The first kappa shape index (κ1) is 19.5. The monoisotopic (exact) mass is 395 g/mol. The largest absolute Gasteiger partial charge is 0.507 e. The molecule has 1 aliphatic rings. The third-order valence-corrected chi connectivity index (χ3v) is 5.50.